The lowest BCUT2D eigenvalue weighted by Gasteiger charge is -2.19. The summed E-state index contributed by atoms with van der Waals surface area (Å²) in [6.45, 7) is 4.35. The average Bonchev–Trinajstić information content (AvgIpc) is 2.60. The number of hydrogen-bond donors (Lipinski definition) is 2. The van der Waals surface area contributed by atoms with E-state index in [1.165, 1.54) is 17.0 Å². The summed E-state index contributed by atoms with van der Waals surface area (Å²) in [4.78, 5) is 13.7. The van der Waals surface area contributed by atoms with Gasteiger partial charge in [-0.25, -0.2) is 9.18 Å². The molecule has 6 heteroatoms. The van der Waals surface area contributed by atoms with Crippen LogP contribution < -0.4 is 10.1 Å². The van der Waals surface area contributed by atoms with E-state index in [-0.39, 0.29) is 18.5 Å². The SMILES string of the molecule is CN(Cc1ccc(F)cc1)C(=O)NCc1ccc(OCC(C)(C)O)cc1. The fourth-order valence-electron chi connectivity index (χ4n) is 2.21. The number of aliphatic hydroxyl groups is 1. The predicted octanol–water partition coefficient (Wildman–Crippen LogP) is 3.32. The number of carbonyl (C=O) groups is 1. The fourth-order valence-corrected chi connectivity index (χ4v) is 2.21. The van der Waals surface area contributed by atoms with Gasteiger partial charge in [0.05, 0.1) is 5.60 Å². The molecule has 26 heavy (non-hydrogen) atoms. The van der Waals surface area contributed by atoms with E-state index in [1.807, 2.05) is 12.1 Å². The van der Waals surface area contributed by atoms with Gasteiger partial charge in [0.15, 0.2) is 0 Å². The summed E-state index contributed by atoms with van der Waals surface area (Å²) in [6, 6.07) is 13.2. The molecule has 0 heterocycles. The Bertz CT molecular complexity index is 709. The Morgan fingerprint density at radius 2 is 1.69 bits per heavy atom. The first kappa shape index (κ1) is 19.7. The molecule has 0 aliphatic rings. The van der Waals surface area contributed by atoms with Gasteiger partial charge in [-0.3, -0.25) is 0 Å². The minimum Gasteiger partial charge on any atom is -0.491 e. The number of nitrogens with zero attached hydrogens (tertiary/aromatic N) is 1. The molecule has 0 aliphatic heterocycles. The van der Waals surface area contributed by atoms with Crippen molar-refractivity contribution in [1.29, 1.82) is 0 Å². The van der Waals surface area contributed by atoms with Crippen molar-refractivity contribution in [1.82, 2.24) is 10.2 Å². The van der Waals surface area contributed by atoms with Crippen LogP contribution in [0.1, 0.15) is 25.0 Å². The molecule has 0 unspecified atom stereocenters. The summed E-state index contributed by atoms with van der Waals surface area (Å²) in [5, 5.41) is 12.5. The molecule has 0 atom stereocenters. The lowest BCUT2D eigenvalue weighted by molar-refractivity contribution is 0.0285. The zero-order chi connectivity index (χ0) is 19.2. The fraction of sp³-hybridized carbons (Fsp3) is 0.350. The molecular formula is C20H25FN2O3. The van der Waals surface area contributed by atoms with Crippen LogP contribution in [0, 0.1) is 5.82 Å². The molecule has 2 rings (SSSR count). The smallest absolute Gasteiger partial charge is 0.317 e. The van der Waals surface area contributed by atoms with Crippen molar-refractivity contribution in [3.05, 3.63) is 65.5 Å². The Kier molecular flexibility index (Phi) is 6.58. The van der Waals surface area contributed by atoms with Crippen LogP contribution in [0.15, 0.2) is 48.5 Å². The van der Waals surface area contributed by atoms with Crippen molar-refractivity contribution < 1.29 is 19.0 Å². The quantitative estimate of drug-likeness (QED) is 0.796. The maximum atomic E-state index is 12.9. The van der Waals surface area contributed by atoms with Crippen molar-refractivity contribution in [2.24, 2.45) is 0 Å². The van der Waals surface area contributed by atoms with Gasteiger partial charge in [0.2, 0.25) is 0 Å². The van der Waals surface area contributed by atoms with Gasteiger partial charge in [-0.05, 0) is 49.2 Å². The molecule has 0 saturated carbocycles. The summed E-state index contributed by atoms with van der Waals surface area (Å²) in [6.07, 6.45) is 0. The van der Waals surface area contributed by atoms with E-state index in [4.69, 9.17) is 4.74 Å². The third kappa shape index (κ3) is 6.72. The molecule has 2 aromatic carbocycles. The van der Waals surface area contributed by atoms with Crippen LogP contribution in [0.2, 0.25) is 0 Å². The van der Waals surface area contributed by atoms with Gasteiger partial charge in [0, 0.05) is 20.1 Å². The van der Waals surface area contributed by atoms with Crippen LogP contribution in [0.4, 0.5) is 9.18 Å². The number of hydrogen-bond acceptors (Lipinski definition) is 3. The van der Waals surface area contributed by atoms with Crippen LogP contribution in [-0.4, -0.2) is 35.3 Å². The zero-order valence-corrected chi connectivity index (χ0v) is 15.3. The second-order valence-corrected chi connectivity index (χ2v) is 6.89. The minimum absolute atomic E-state index is 0.206. The van der Waals surface area contributed by atoms with Gasteiger partial charge in [0.25, 0.3) is 0 Å². The van der Waals surface area contributed by atoms with Crippen LogP contribution in [0.3, 0.4) is 0 Å². The third-order valence-electron chi connectivity index (χ3n) is 3.64. The summed E-state index contributed by atoms with van der Waals surface area (Å²) >= 11 is 0. The second-order valence-electron chi connectivity index (χ2n) is 6.89. The van der Waals surface area contributed by atoms with Crippen molar-refractivity contribution in [3.63, 3.8) is 0 Å². The molecule has 0 bridgehead atoms. The number of ether oxygens (including phenoxy) is 1. The molecule has 2 N–H and O–H groups in total. The van der Waals surface area contributed by atoms with Gasteiger partial charge in [-0.2, -0.15) is 0 Å². The predicted molar refractivity (Wildman–Crippen MR) is 98.3 cm³/mol. The number of halogens is 1. The van der Waals surface area contributed by atoms with Gasteiger partial charge in [-0.15, -0.1) is 0 Å². The molecule has 2 aromatic rings. The summed E-state index contributed by atoms with van der Waals surface area (Å²) in [7, 11) is 1.69. The summed E-state index contributed by atoms with van der Waals surface area (Å²) in [5.74, 6) is 0.367. The Morgan fingerprint density at radius 3 is 2.27 bits per heavy atom. The van der Waals surface area contributed by atoms with E-state index in [0.29, 0.717) is 18.8 Å². The maximum Gasteiger partial charge on any atom is 0.317 e. The lowest BCUT2D eigenvalue weighted by Crippen LogP contribution is -2.36. The van der Waals surface area contributed by atoms with Gasteiger partial charge in [-0.1, -0.05) is 24.3 Å². The average molecular weight is 360 g/mol. The first-order valence-electron chi connectivity index (χ1n) is 8.40. The molecule has 0 aromatic heterocycles. The van der Waals surface area contributed by atoms with Gasteiger partial charge >= 0.3 is 6.03 Å². The molecule has 2 amide bonds. The second kappa shape index (κ2) is 8.67. The topological polar surface area (TPSA) is 61.8 Å². The molecule has 0 radical (unpaired) electrons. The molecule has 5 nitrogen and oxygen atoms in total. The highest BCUT2D eigenvalue weighted by Crippen LogP contribution is 2.14. The number of rotatable bonds is 7. The Hall–Kier alpha value is -2.60. The van der Waals surface area contributed by atoms with Crippen molar-refractivity contribution in [2.45, 2.75) is 32.5 Å². The van der Waals surface area contributed by atoms with Crippen molar-refractivity contribution >= 4 is 6.03 Å². The van der Waals surface area contributed by atoms with Crippen molar-refractivity contribution in [2.75, 3.05) is 13.7 Å². The molecule has 0 saturated heterocycles. The largest absolute Gasteiger partial charge is 0.491 e. The highest BCUT2D eigenvalue weighted by molar-refractivity contribution is 5.73. The summed E-state index contributed by atoms with van der Waals surface area (Å²) in [5.41, 5.74) is 0.906. The lowest BCUT2D eigenvalue weighted by atomic mass is 10.1. The van der Waals surface area contributed by atoms with Crippen LogP contribution in [0.25, 0.3) is 0 Å². The standard InChI is InChI=1S/C20H25FN2O3/c1-20(2,25)14-26-18-10-6-15(7-11-18)12-22-19(24)23(3)13-16-4-8-17(21)9-5-16/h4-11,25H,12-14H2,1-3H3,(H,22,24). The normalized spacial score (nSPS) is 11.1. The van der Waals surface area contributed by atoms with Crippen LogP contribution in [0.5, 0.6) is 5.75 Å². The van der Waals surface area contributed by atoms with Crippen molar-refractivity contribution in [3.8, 4) is 5.75 Å². The molecule has 0 fully saturated rings. The number of carbonyl (C=O) groups excluding carboxylic acids is 1. The number of benzene rings is 2. The Labute approximate surface area is 153 Å². The first-order chi connectivity index (χ1) is 12.2. The van der Waals surface area contributed by atoms with E-state index in [2.05, 4.69) is 5.32 Å². The van der Waals surface area contributed by atoms with E-state index >= 15 is 0 Å². The number of amides is 2. The third-order valence-corrected chi connectivity index (χ3v) is 3.64. The van der Waals surface area contributed by atoms with Crippen LogP contribution in [-0.2, 0) is 13.1 Å². The molecule has 0 spiro atoms. The Morgan fingerprint density at radius 1 is 1.12 bits per heavy atom. The van der Waals surface area contributed by atoms with E-state index in [9.17, 15) is 14.3 Å². The number of nitrogens with one attached hydrogen (secondary N) is 1. The number of urea groups is 1. The minimum atomic E-state index is -0.887. The molecular weight excluding hydrogens is 335 g/mol. The highest BCUT2D eigenvalue weighted by Gasteiger charge is 2.13. The van der Waals surface area contributed by atoms with E-state index < -0.39 is 5.60 Å². The molecule has 140 valence electrons. The Balaban J connectivity index is 1.80. The maximum absolute atomic E-state index is 12.9. The molecule has 0 aliphatic carbocycles. The van der Waals surface area contributed by atoms with Gasteiger partial charge < -0.3 is 20.1 Å². The highest BCUT2D eigenvalue weighted by atomic mass is 19.1. The van der Waals surface area contributed by atoms with Crippen LogP contribution >= 0.6 is 0 Å². The zero-order valence-electron chi connectivity index (χ0n) is 15.3. The summed E-state index contributed by atoms with van der Waals surface area (Å²) < 4.78 is 18.4. The monoisotopic (exact) mass is 360 g/mol. The van der Waals surface area contributed by atoms with Gasteiger partial charge in [0.1, 0.15) is 18.2 Å². The first-order valence-corrected chi connectivity index (χ1v) is 8.40. The van der Waals surface area contributed by atoms with E-state index in [1.54, 1.807) is 45.2 Å². The van der Waals surface area contributed by atoms with E-state index in [0.717, 1.165) is 11.1 Å².